The van der Waals surface area contributed by atoms with Gasteiger partial charge in [0.15, 0.2) is 17.5 Å². The fourth-order valence-electron chi connectivity index (χ4n) is 16.9. The van der Waals surface area contributed by atoms with Crippen LogP contribution < -0.4 is 56.7 Å². The van der Waals surface area contributed by atoms with E-state index in [9.17, 15) is 25.3 Å². The zero-order valence-corrected chi connectivity index (χ0v) is 80.2. The van der Waals surface area contributed by atoms with E-state index in [-0.39, 0.29) is 65.9 Å². The third kappa shape index (κ3) is 23.2. The molecule has 30 nitrogen and oxygen atoms in total. The number of benzene rings is 3. The van der Waals surface area contributed by atoms with Crippen LogP contribution >= 0.6 is 34.8 Å². The first-order valence-corrected chi connectivity index (χ1v) is 50.9. The molecule has 6 aromatic heterocycles. The Morgan fingerprint density at radius 3 is 0.874 bits per heavy atom. The molecule has 0 radical (unpaired) electrons. The highest BCUT2D eigenvalue weighted by Gasteiger charge is 2.38. The molecule has 3 aromatic carbocycles. The molecule has 8 N–H and O–H groups in total. The van der Waals surface area contributed by atoms with E-state index in [1.54, 1.807) is 81.3 Å². The van der Waals surface area contributed by atoms with Gasteiger partial charge in [-0.2, -0.15) is 30.2 Å². The Morgan fingerprint density at radius 1 is 0.370 bits per heavy atom. The van der Waals surface area contributed by atoms with Gasteiger partial charge in [0.1, 0.15) is 32.3 Å². The largest absolute Gasteiger partial charge is 0.488 e. The first-order valence-electron chi connectivity index (χ1n) is 45.2. The molecule has 0 atom stereocenters. The Morgan fingerprint density at radius 2 is 0.630 bits per heavy atom. The molecule has 0 saturated heterocycles. The molecular weight excluding hydrogens is 1730 g/mol. The van der Waals surface area contributed by atoms with E-state index in [4.69, 9.17) is 49.0 Å². The third-order valence-electron chi connectivity index (χ3n) is 25.3. The van der Waals surface area contributed by atoms with E-state index in [0.717, 1.165) is 97.8 Å². The van der Waals surface area contributed by atoms with Crippen LogP contribution in [0, 0.1) is 20.8 Å². The maximum Gasteiger partial charge on any atom is 0.229 e. The van der Waals surface area contributed by atoms with Crippen molar-refractivity contribution in [3.8, 4) is 17.2 Å². The summed E-state index contributed by atoms with van der Waals surface area (Å²) in [7, 11) is -3.64. The van der Waals surface area contributed by atoms with Crippen molar-refractivity contribution in [2.75, 3.05) is 38.9 Å². The topological polar surface area (TPSA) is 360 Å². The minimum atomic E-state index is -3.63. The van der Waals surface area contributed by atoms with Gasteiger partial charge in [-0.25, -0.2) is 40.2 Å². The molecule has 0 aliphatic heterocycles. The predicted molar refractivity (Wildman–Crippen MR) is 502 cm³/mol. The van der Waals surface area contributed by atoms with Crippen LogP contribution in [0.3, 0.4) is 0 Å². The summed E-state index contributed by atoms with van der Waals surface area (Å²) < 4.78 is 101. The zero-order chi connectivity index (χ0) is 90.2. The van der Waals surface area contributed by atoms with E-state index < -0.39 is 45.3 Å². The number of ether oxygens (including phenoxy) is 3. The van der Waals surface area contributed by atoms with Crippen molar-refractivity contribution in [3.05, 3.63) is 122 Å². The average Bonchev–Trinajstić information content (AvgIpc) is 1.69. The molecule has 0 bridgehead atoms. The van der Waals surface area contributed by atoms with E-state index in [2.05, 4.69) is 171 Å². The smallest absolute Gasteiger partial charge is 0.229 e. The Kier molecular flexibility index (Phi) is 28.7. The predicted octanol–water partition coefficient (Wildman–Crippen LogP) is 19.1. The summed E-state index contributed by atoms with van der Waals surface area (Å²) >= 11 is 19.3. The monoisotopic (exact) mass is 1860 g/mol. The molecule has 9 aromatic rings. The fourth-order valence-corrected chi connectivity index (χ4v) is 20.6. The van der Waals surface area contributed by atoms with Gasteiger partial charge < -0.3 is 61.6 Å². The van der Waals surface area contributed by atoms with Gasteiger partial charge in [-0.05, 0) is 312 Å². The van der Waals surface area contributed by atoms with Crippen molar-refractivity contribution in [2.45, 2.75) is 321 Å². The van der Waals surface area contributed by atoms with Gasteiger partial charge in [-0.15, -0.1) is 0 Å². The van der Waals surface area contributed by atoms with Crippen molar-refractivity contribution >= 4 is 134 Å². The highest BCUT2D eigenvalue weighted by Crippen LogP contribution is 2.48. The lowest BCUT2D eigenvalue weighted by molar-refractivity contribution is 0.148. The van der Waals surface area contributed by atoms with E-state index in [1.807, 2.05) is 0 Å². The Labute approximate surface area is 762 Å². The molecule has 686 valence electrons. The number of rotatable bonds is 33. The highest BCUT2D eigenvalue weighted by atomic mass is 35.5. The molecule has 6 heterocycles. The van der Waals surface area contributed by atoms with Gasteiger partial charge >= 0.3 is 0 Å². The van der Waals surface area contributed by atoms with Crippen molar-refractivity contribution in [2.24, 2.45) is 21.1 Å². The number of hydrogen-bond donors (Lipinski definition) is 8. The van der Waals surface area contributed by atoms with Gasteiger partial charge in [0.2, 0.25) is 62.4 Å². The summed E-state index contributed by atoms with van der Waals surface area (Å²) in [5.74, 6) is 5.74. The molecule has 0 unspecified atom stereocenters. The number of sulfone groups is 3. The average molecular weight is 1860 g/mol. The summed E-state index contributed by atoms with van der Waals surface area (Å²) in [5, 5.41) is 38.1. The lowest BCUT2D eigenvalue weighted by Crippen LogP contribution is -2.39. The van der Waals surface area contributed by atoms with Crippen LogP contribution in [-0.2, 0) is 50.7 Å². The van der Waals surface area contributed by atoms with Crippen molar-refractivity contribution < 1.29 is 39.5 Å². The van der Waals surface area contributed by atoms with Crippen molar-refractivity contribution in [1.82, 2.24) is 74.8 Å². The number of hydrogen-bond acceptors (Lipinski definition) is 27. The summed E-state index contributed by atoms with van der Waals surface area (Å²) in [6.07, 6.45) is 35.9. The molecule has 8 aliphatic carbocycles. The number of nitrogens with zero attached hydrogens (tertiary/aromatic N) is 13. The molecule has 8 saturated carbocycles. The first-order chi connectivity index (χ1) is 60.5. The second kappa shape index (κ2) is 39.2. The van der Waals surface area contributed by atoms with Crippen molar-refractivity contribution in [1.29, 1.82) is 0 Å². The summed E-state index contributed by atoms with van der Waals surface area (Å²) in [6.45, 7) is 20.7. The van der Waals surface area contributed by atoms with Gasteiger partial charge in [0.25, 0.3) is 0 Å². The number of aromatic nitrogens is 12. The standard InChI is InChI=1S/C31H44ClN7O3S.2C30H40ClN7O3S/c1-18(2)39(7)22-10-8-21(9-11-22)24-15-28(42-23-12-13-23)26(14-20(24)5)35-31-33-16-25(32)29(36-31)34-27-17-38(6)37-30(27)43(40,41)19(3)4;2*1-17(2)42(39,40)29-26(16-38(4)37-29)34-28-24(31)15-32-30(36-28)35-25-13-18(3)23(14-27(25)41-22-11-12-22)19-5-7-20(8-6-19)33-21-9-10-21/h14-19,21-23H,8-13H2,1-7H3,(H2,33,34,35,36);2*13-17,19-22,33H,5-12H2,1-4H3,(H2,32,34,35,36). The summed E-state index contributed by atoms with van der Waals surface area (Å²) in [5.41, 5.74) is 11.0. The van der Waals surface area contributed by atoms with Gasteiger partial charge in [-0.3, -0.25) is 14.0 Å². The number of nitrogens with one attached hydrogen (secondary N) is 8. The number of aryl methyl sites for hydroxylation is 6. The molecule has 36 heteroatoms. The SMILES string of the molecule is Cc1cc(Nc2ncc(Cl)c(Nc3cn(C)nc3S(=O)(=O)C(C)C)n2)c(OC2CC2)cc1C1CCC(N(C)C(C)C)CC1.Cc1cc(Nc2ncc(Cl)c(Nc3cn(C)nc3S(=O)(=O)C(C)C)n2)c(OC2CC2)cc1C1CCC(NC2CC2)CC1.Cc1cc(Nc2ncc(Cl)c(Nc3cn(C)nc3S(=O)(=O)C(C)C)n2)c(OC2CC2)cc1C1CCC(NC2CC2)CC1. The Bertz CT molecular complexity index is 5560. The minimum Gasteiger partial charge on any atom is -0.488 e. The lowest BCUT2D eigenvalue weighted by atomic mass is 9.79. The quantitative estimate of drug-likeness (QED) is 0.0189. The van der Waals surface area contributed by atoms with Gasteiger partial charge in [0, 0.05) is 76.0 Å². The Balaban J connectivity index is 0.000000147. The van der Waals surface area contributed by atoms with Crippen LogP contribution in [0.15, 0.2) is 88.7 Å². The van der Waals surface area contributed by atoms with Gasteiger partial charge in [0.05, 0.1) is 86.8 Å². The van der Waals surface area contributed by atoms with Crippen LogP contribution in [0.5, 0.6) is 17.2 Å². The first kappa shape index (κ1) is 93.0. The van der Waals surface area contributed by atoms with Crippen LogP contribution in [0.2, 0.25) is 15.1 Å². The van der Waals surface area contributed by atoms with Crippen LogP contribution in [0.25, 0.3) is 0 Å². The summed E-state index contributed by atoms with van der Waals surface area (Å²) in [4.78, 5) is 29.5. The molecule has 127 heavy (non-hydrogen) atoms. The molecule has 0 amide bonds. The maximum atomic E-state index is 12.9. The number of anilines is 12. The highest BCUT2D eigenvalue weighted by molar-refractivity contribution is 7.92. The maximum absolute atomic E-state index is 12.9. The second-order valence-electron chi connectivity index (χ2n) is 37.1. The van der Waals surface area contributed by atoms with Crippen LogP contribution in [0.1, 0.15) is 248 Å². The van der Waals surface area contributed by atoms with Crippen LogP contribution in [-0.4, -0.2) is 167 Å². The molecular formula is C91H124Cl3N21O9S3. The second-order valence-corrected chi connectivity index (χ2v) is 45.6. The normalized spacial score (nSPS) is 20.4. The van der Waals surface area contributed by atoms with Crippen LogP contribution in [0.4, 0.5) is 69.4 Å². The van der Waals surface area contributed by atoms with Crippen molar-refractivity contribution in [3.63, 3.8) is 0 Å². The molecule has 8 aliphatic rings. The lowest BCUT2D eigenvalue weighted by Gasteiger charge is -2.37. The zero-order valence-electron chi connectivity index (χ0n) is 75.5. The molecule has 8 fully saturated rings. The fraction of sp³-hybridized carbons (Fsp3) is 0.571. The minimum absolute atomic E-state index is 0.0483. The third-order valence-corrected chi connectivity index (χ3v) is 32.4. The van der Waals surface area contributed by atoms with E-state index in [1.165, 1.54) is 156 Å². The molecule has 0 spiro atoms. The Hall–Kier alpha value is -8.67. The van der Waals surface area contributed by atoms with E-state index >= 15 is 0 Å². The number of halogens is 3. The van der Waals surface area contributed by atoms with Gasteiger partial charge in [-0.1, -0.05) is 34.8 Å². The summed E-state index contributed by atoms with van der Waals surface area (Å²) in [6, 6.07) is 17.0. The van der Waals surface area contributed by atoms with E-state index in [0.29, 0.717) is 76.8 Å². The molecule has 17 rings (SSSR count).